The van der Waals surface area contributed by atoms with Crippen molar-refractivity contribution in [3.63, 3.8) is 0 Å². The average Bonchev–Trinajstić information content (AvgIpc) is 2.77. The highest BCUT2D eigenvalue weighted by Gasteiger charge is 2.18. The summed E-state index contributed by atoms with van der Waals surface area (Å²) in [7, 11) is 0. The number of thiophene rings is 1. The molecular weight excluding hydrogens is 276 g/mol. The van der Waals surface area contributed by atoms with E-state index in [1.807, 2.05) is 30.3 Å². The Kier molecular flexibility index (Phi) is 4.34. The van der Waals surface area contributed by atoms with E-state index in [4.69, 9.17) is 11.6 Å². The summed E-state index contributed by atoms with van der Waals surface area (Å²) in [6.45, 7) is 6.56. The highest BCUT2D eigenvalue weighted by atomic mass is 35.5. The van der Waals surface area contributed by atoms with Crippen LogP contribution in [0.2, 0.25) is 5.02 Å². The van der Waals surface area contributed by atoms with Gasteiger partial charge in [-0.15, -0.1) is 11.3 Å². The fourth-order valence-electron chi connectivity index (χ4n) is 1.92. The second kappa shape index (κ2) is 5.66. The van der Waals surface area contributed by atoms with Gasteiger partial charge >= 0.3 is 0 Å². The molecule has 0 aliphatic carbocycles. The number of hydrogen-bond donors (Lipinski definition) is 1. The third-order valence-electron chi connectivity index (χ3n) is 3.01. The predicted octanol–water partition coefficient (Wildman–Crippen LogP) is 4.98. The smallest absolute Gasteiger partial charge is 0.0922 e. The van der Waals surface area contributed by atoms with Gasteiger partial charge in [0.05, 0.1) is 6.10 Å². The minimum absolute atomic E-state index is 0.138. The first-order chi connectivity index (χ1) is 8.86. The van der Waals surface area contributed by atoms with Gasteiger partial charge in [-0.2, -0.15) is 0 Å². The monoisotopic (exact) mass is 294 g/mol. The maximum absolute atomic E-state index is 10.3. The molecule has 0 saturated heterocycles. The molecular formula is C16H19ClOS. The van der Waals surface area contributed by atoms with Gasteiger partial charge in [-0.25, -0.2) is 0 Å². The maximum atomic E-state index is 10.3. The first kappa shape index (κ1) is 14.6. The minimum Gasteiger partial charge on any atom is -0.387 e. The maximum Gasteiger partial charge on any atom is 0.0922 e. The molecule has 0 spiro atoms. The lowest BCUT2D eigenvalue weighted by atomic mass is 9.95. The SMILES string of the molecule is CC(C)(C)c1ccc(C(O)Cc2cccc(Cl)c2)s1. The third kappa shape index (κ3) is 3.82. The van der Waals surface area contributed by atoms with Crippen LogP contribution in [-0.4, -0.2) is 5.11 Å². The molecule has 0 fully saturated rings. The van der Waals surface area contributed by atoms with Crippen molar-refractivity contribution in [2.24, 2.45) is 0 Å². The molecule has 1 unspecified atom stereocenters. The van der Waals surface area contributed by atoms with Crippen LogP contribution >= 0.6 is 22.9 Å². The van der Waals surface area contributed by atoms with Crippen LogP contribution in [0.4, 0.5) is 0 Å². The van der Waals surface area contributed by atoms with Gasteiger partial charge in [-0.05, 0) is 35.2 Å². The highest BCUT2D eigenvalue weighted by molar-refractivity contribution is 7.12. The van der Waals surface area contributed by atoms with Crippen molar-refractivity contribution in [2.45, 2.75) is 38.7 Å². The summed E-state index contributed by atoms with van der Waals surface area (Å²) in [5.41, 5.74) is 1.20. The Morgan fingerprint density at radius 1 is 1.21 bits per heavy atom. The summed E-state index contributed by atoms with van der Waals surface area (Å²) >= 11 is 7.65. The first-order valence-electron chi connectivity index (χ1n) is 6.39. The molecule has 1 aromatic heterocycles. The lowest BCUT2D eigenvalue weighted by molar-refractivity contribution is 0.182. The van der Waals surface area contributed by atoms with E-state index in [9.17, 15) is 5.11 Å². The lowest BCUT2D eigenvalue weighted by Gasteiger charge is -2.15. The van der Waals surface area contributed by atoms with Crippen LogP contribution in [-0.2, 0) is 11.8 Å². The Labute approximate surface area is 123 Å². The van der Waals surface area contributed by atoms with Crippen LogP contribution in [0.5, 0.6) is 0 Å². The normalized spacial score (nSPS) is 13.5. The quantitative estimate of drug-likeness (QED) is 0.847. The highest BCUT2D eigenvalue weighted by Crippen LogP contribution is 2.33. The molecule has 0 amide bonds. The van der Waals surface area contributed by atoms with E-state index in [1.54, 1.807) is 11.3 Å². The van der Waals surface area contributed by atoms with Crippen LogP contribution < -0.4 is 0 Å². The Morgan fingerprint density at radius 2 is 1.95 bits per heavy atom. The molecule has 3 heteroatoms. The van der Waals surface area contributed by atoms with E-state index in [-0.39, 0.29) is 5.41 Å². The van der Waals surface area contributed by atoms with Crippen LogP contribution in [0.15, 0.2) is 36.4 Å². The topological polar surface area (TPSA) is 20.2 Å². The largest absolute Gasteiger partial charge is 0.387 e. The van der Waals surface area contributed by atoms with E-state index in [0.29, 0.717) is 11.4 Å². The van der Waals surface area contributed by atoms with Gasteiger partial charge in [0.1, 0.15) is 0 Å². The van der Waals surface area contributed by atoms with E-state index in [2.05, 4.69) is 26.8 Å². The Morgan fingerprint density at radius 3 is 2.53 bits per heavy atom. The van der Waals surface area contributed by atoms with Crippen molar-refractivity contribution < 1.29 is 5.11 Å². The van der Waals surface area contributed by atoms with E-state index < -0.39 is 6.10 Å². The molecule has 0 aliphatic rings. The number of benzene rings is 1. The molecule has 1 atom stereocenters. The Balaban J connectivity index is 2.12. The third-order valence-corrected chi connectivity index (χ3v) is 4.86. The molecule has 1 aromatic carbocycles. The zero-order chi connectivity index (χ0) is 14.0. The number of aliphatic hydroxyl groups excluding tert-OH is 1. The van der Waals surface area contributed by atoms with Crippen molar-refractivity contribution in [1.29, 1.82) is 0 Å². The van der Waals surface area contributed by atoms with Gasteiger partial charge < -0.3 is 5.11 Å². The number of hydrogen-bond acceptors (Lipinski definition) is 2. The number of aliphatic hydroxyl groups is 1. The molecule has 2 rings (SSSR count). The molecule has 1 nitrogen and oxygen atoms in total. The fraction of sp³-hybridized carbons (Fsp3) is 0.375. The molecule has 102 valence electrons. The van der Waals surface area contributed by atoms with E-state index >= 15 is 0 Å². The zero-order valence-corrected chi connectivity index (χ0v) is 13.1. The van der Waals surface area contributed by atoms with Crippen LogP contribution in [0.3, 0.4) is 0 Å². The summed E-state index contributed by atoms with van der Waals surface area (Å²) in [4.78, 5) is 2.32. The molecule has 0 saturated carbocycles. The fourth-order valence-corrected chi connectivity index (χ4v) is 3.19. The molecule has 19 heavy (non-hydrogen) atoms. The van der Waals surface area contributed by atoms with Gasteiger partial charge in [-0.3, -0.25) is 0 Å². The molecule has 2 aromatic rings. The van der Waals surface area contributed by atoms with Gasteiger partial charge in [-0.1, -0.05) is 44.5 Å². The predicted molar refractivity (Wildman–Crippen MR) is 83.1 cm³/mol. The van der Waals surface area contributed by atoms with Gasteiger partial charge in [0, 0.05) is 21.2 Å². The molecule has 1 N–H and O–H groups in total. The number of halogens is 1. The van der Waals surface area contributed by atoms with Gasteiger partial charge in [0.2, 0.25) is 0 Å². The van der Waals surface area contributed by atoms with Crippen molar-refractivity contribution in [1.82, 2.24) is 0 Å². The van der Waals surface area contributed by atoms with E-state index in [1.165, 1.54) is 4.88 Å². The van der Waals surface area contributed by atoms with Gasteiger partial charge in [0.25, 0.3) is 0 Å². The van der Waals surface area contributed by atoms with Crippen molar-refractivity contribution in [3.05, 3.63) is 56.7 Å². The van der Waals surface area contributed by atoms with Crippen LogP contribution in [0.1, 0.15) is 42.2 Å². The summed E-state index contributed by atoms with van der Waals surface area (Å²) in [6, 6.07) is 11.8. The minimum atomic E-state index is -0.459. The second-order valence-electron chi connectivity index (χ2n) is 5.80. The summed E-state index contributed by atoms with van der Waals surface area (Å²) in [5, 5.41) is 11.0. The van der Waals surface area contributed by atoms with Crippen molar-refractivity contribution in [3.8, 4) is 0 Å². The van der Waals surface area contributed by atoms with Crippen LogP contribution in [0.25, 0.3) is 0 Å². The molecule has 0 radical (unpaired) electrons. The first-order valence-corrected chi connectivity index (χ1v) is 7.58. The Hall–Kier alpha value is -0.830. The zero-order valence-electron chi connectivity index (χ0n) is 11.5. The summed E-state index contributed by atoms with van der Waals surface area (Å²) in [5.74, 6) is 0. The summed E-state index contributed by atoms with van der Waals surface area (Å²) in [6.07, 6.45) is 0.143. The molecule has 1 heterocycles. The van der Waals surface area contributed by atoms with Gasteiger partial charge in [0.15, 0.2) is 0 Å². The second-order valence-corrected chi connectivity index (χ2v) is 7.35. The Bertz CT molecular complexity index is 554. The van der Waals surface area contributed by atoms with Crippen LogP contribution in [0, 0.1) is 0 Å². The molecule has 0 bridgehead atoms. The van der Waals surface area contributed by atoms with Crippen molar-refractivity contribution in [2.75, 3.05) is 0 Å². The standard InChI is InChI=1S/C16H19ClOS/c1-16(2,3)15-8-7-14(19-15)13(18)10-11-5-4-6-12(17)9-11/h4-9,13,18H,10H2,1-3H3. The van der Waals surface area contributed by atoms with Crippen molar-refractivity contribution >= 4 is 22.9 Å². The molecule has 0 aliphatic heterocycles. The lowest BCUT2D eigenvalue weighted by Crippen LogP contribution is -2.07. The van der Waals surface area contributed by atoms with E-state index in [0.717, 1.165) is 10.4 Å². The summed E-state index contributed by atoms with van der Waals surface area (Å²) < 4.78 is 0. The average molecular weight is 295 g/mol. The number of rotatable bonds is 3.